The van der Waals surface area contributed by atoms with E-state index in [4.69, 9.17) is 10.5 Å². The highest BCUT2D eigenvalue weighted by Crippen LogP contribution is 2.44. The molecule has 0 bridgehead atoms. The molecule has 31 heavy (non-hydrogen) atoms. The van der Waals surface area contributed by atoms with E-state index in [1.165, 1.54) is 11.0 Å². The summed E-state index contributed by atoms with van der Waals surface area (Å²) in [7, 11) is 0. The first-order valence-corrected chi connectivity index (χ1v) is 10.5. The highest BCUT2D eigenvalue weighted by molar-refractivity contribution is 5.99. The summed E-state index contributed by atoms with van der Waals surface area (Å²) in [6, 6.07) is 1.41. The van der Waals surface area contributed by atoms with Crippen LogP contribution in [0, 0.1) is 23.5 Å². The van der Waals surface area contributed by atoms with Crippen LogP contribution in [0.15, 0.2) is 17.1 Å². The predicted octanol–water partition coefficient (Wildman–Crippen LogP) is 2.64. The molecule has 0 radical (unpaired) electrons. The molecule has 9 heteroatoms. The van der Waals surface area contributed by atoms with Crippen molar-refractivity contribution in [2.45, 2.75) is 64.1 Å². The number of amides is 2. The van der Waals surface area contributed by atoms with E-state index in [0.717, 1.165) is 6.07 Å². The number of carbonyl (C=O) groups excluding carboxylic acids is 2. The summed E-state index contributed by atoms with van der Waals surface area (Å²) in [5.74, 6) is -1.98. The molecule has 1 fully saturated rings. The molecule has 1 unspecified atom stereocenters. The van der Waals surface area contributed by atoms with Crippen LogP contribution in [-0.4, -0.2) is 40.4 Å². The first-order chi connectivity index (χ1) is 14.3. The van der Waals surface area contributed by atoms with Crippen molar-refractivity contribution in [3.8, 4) is 5.75 Å². The Bertz CT molecular complexity index is 976. The lowest BCUT2D eigenvalue weighted by atomic mass is 9.89. The van der Waals surface area contributed by atoms with Gasteiger partial charge in [0.15, 0.2) is 17.5 Å². The zero-order valence-electron chi connectivity index (χ0n) is 18.2. The number of nitrogens with two attached hydrogens (primary N) is 1. The van der Waals surface area contributed by atoms with Gasteiger partial charge in [0, 0.05) is 30.5 Å². The lowest BCUT2D eigenvalue weighted by Crippen LogP contribution is -2.50. The minimum Gasteiger partial charge on any atom is -0.484 e. The largest absolute Gasteiger partial charge is 0.484 e. The van der Waals surface area contributed by atoms with Crippen molar-refractivity contribution in [2.24, 2.45) is 22.6 Å². The van der Waals surface area contributed by atoms with E-state index in [0.29, 0.717) is 24.9 Å². The van der Waals surface area contributed by atoms with Gasteiger partial charge in [-0.3, -0.25) is 14.5 Å². The molecule has 2 aliphatic heterocycles. The van der Waals surface area contributed by atoms with Gasteiger partial charge in [0.25, 0.3) is 0 Å². The number of nitrogens with one attached hydrogen (secondary N) is 1. The molecule has 3 N–H and O–H groups in total. The first-order valence-electron chi connectivity index (χ1n) is 10.5. The third-order valence-corrected chi connectivity index (χ3v) is 6.06. The molecule has 0 spiro atoms. The first kappa shape index (κ1) is 21.5. The zero-order chi connectivity index (χ0) is 22.7. The predicted molar refractivity (Wildman–Crippen MR) is 110 cm³/mol. The average molecular weight is 434 g/mol. The second-order valence-electron chi connectivity index (χ2n) is 10.00. The molecule has 2 amide bonds. The number of fused-ring (bicyclic) bond motifs is 1. The highest BCUT2D eigenvalue weighted by Gasteiger charge is 2.47. The van der Waals surface area contributed by atoms with Crippen LogP contribution in [0.5, 0.6) is 5.75 Å². The summed E-state index contributed by atoms with van der Waals surface area (Å²) >= 11 is 0. The molecule has 0 saturated heterocycles. The second kappa shape index (κ2) is 7.17. The van der Waals surface area contributed by atoms with Gasteiger partial charge in [-0.2, -0.15) is 0 Å². The van der Waals surface area contributed by atoms with E-state index >= 15 is 0 Å². The summed E-state index contributed by atoms with van der Waals surface area (Å²) in [5.41, 5.74) is 5.03. The number of carbonyl (C=O) groups is 2. The van der Waals surface area contributed by atoms with E-state index < -0.39 is 28.8 Å². The van der Waals surface area contributed by atoms with Crippen LogP contribution in [0.4, 0.5) is 8.78 Å². The number of aliphatic imine (C=N–C) groups is 1. The Morgan fingerprint density at radius 1 is 1.32 bits per heavy atom. The number of guanidine groups is 1. The summed E-state index contributed by atoms with van der Waals surface area (Å²) in [6.07, 6.45) is 1.26. The normalized spacial score (nSPS) is 28.3. The SMILES string of the molecule is CC1(C)CC(=O)N(C[C@H]2CC2C(=O)N[C@H]2CC(C)(C)Oc3c(F)cc(F)cc32)C(N)=N1. The molecule has 7 nitrogen and oxygen atoms in total. The summed E-state index contributed by atoms with van der Waals surface area (Å²) in [5, 5.41) is 2.93. The van der Waals surface area contributed by atoms with Crippen LogP contribution >= 0.6 is 0 Å². The molecule has 4 rings (SSSR count). The van der Waals surface area contributed by atoms with E-state index in [-0.39, 0.29) is 41.8 Å². The molecular formula is C22H28F2N4O3. The van der Waals surface area contributed by atoms with Crippen LogP contribution in [-0.2, 0) is 9.59 Å². The molecule has 0 aromatic heterocycles. The van der Waals surface area contributed by atoms with Crippen molar-refractivity contribution in [1.29, 1.82) is 0 Å². The number of benzene rings is 1. The molecule has 2 heterocycles. The molecule has 1 saturated carbocycles. The van der Waals surface area contributed by atoms with Crippen molar-refractivity contribution >= 4 is 17.8 Å². The average Bonchev–Trinajstić information content (AvgIpc) is 3.37. The topological polar surface area (TPSA) is 97.0 Å². The summed E-state index contributed by atoms with van der Waals surface area (Å²) in [6.45, 7) is 7.62. The van der Waals surface area contributed by atoms with Gasteiger partial charge in [0.05, 0.1) is 18.0 Å². The van der Waals surface area contributed by atoms with Crippen molar-refractivity contribution in [2.75, 3.05) is 6.54 Å². The zero-order valence-corrected chi connectivity index (χ0v) is 18.2. The van der Waals surface area contributed by atoms with Gasteiger partial charge < -0.3 is 15.8 Å². The fourth-order valence-corrected chi connectivity index (χ4v) is 4.48. The highest BCUT2D eigenvalue weighted by atomic mass is 19.1. The van der Waals surface area contributed by atoms with Gasteiger partial charge in [0.2, 0.25) is 11.8 Å². The smallest absolute Gasteiger partial charge is 0.231 e. The molecular weight excluding hydrogens is 406 g/mol. The molecule has 1 aromatic rings. The maximum Gasteiger partial charge on any atom is 0.231 e. The van der Waals surface area contributed by atoms with Crippen LogP contribution in [0.2, 0.25) is 0 Å². The van der Waals surface area contributed by atoms with Gasteiger partial charge in [0.1, 0.15) is 11.4 Å². The number of ether oxygens (including phenoxy) is 1. The molecule has 168 valence electrons. The van der Waals surface area contributed by atoms with E-state index in [1.807, 2.05) is 13.8 Å². The van der Waals surface area contributed by atoms with Crippen molar-refractivity contribution < 1.29 is 23.1 Å². The Balaban J connectivity index is 1.44. The minimum absolute atomic E-state index is 0.0270. The maximum atomic E-state index is 14.3. The quantitative estimate of drug-likeness (QED) is 0.761. The standard InChI is InChI=1S/C22H28F2N4O3/c1-21(2)9-17(29)28(20(25)27-21)10-11-5-13(11)19(30)26-16-8-22(3,4)31-18-14(16)6-12(23)7-15(18)24/h6-7,11,13,16H,5,8-10H2,1-4H3,(H2,25,27)(H,26,30)/t11-,13?,16+/m1/s1. The lowest BCUT2D eigenvalue weighted by Gasteiger charge is -2.38. The minimum atomic E-state index is -0.785. The molecule has 3 aliphatic rings. The Hall–Kier alpha value is -2.71. The van der Waals surface area contributed by atoms with Crippen LogP contribution in [0.1, 0.15) is 58.6 Å². The van der Waals surface area contributed by atoms with Gasteiger partial charge in [-0.15, -0.1) is 0 Å². The Kier molecular flexibility index (Phi) is 4.98. The van der Waals surface area contributed by atoms with Crippen molar-refractivity contribution in [1.82, 2.24) is 10.2 Å². The fourth-order valence-electron chi connectivity index (χ4n) is 4.48. The van der Waals surface area contributed by atoms with E-state index in [1.54, 1.807) is 13.8 Å². The van der Waals surface area contributed by atoms with Crippen LogP contribution in [0.25, 0.3) is 0 Å². The molecule has 1 aliphatic carbocycles. The van der Waals surface area contributed by atoms with Crippen molar-refractivity contribution in [3.05, 3.63) is 29.3 Å². The third kappa shape index (κ3) is 4.36. The van der Waals surface area contributed by atoms with Crippen molar-refractivity contribution in [3.63, 3.8) is 0 Å². The van der Waals surface area contributed by atoms with E-state index in [9.17, 15) is 18.4 Å². The number of hydrogen-bond acceptors (Lipinski definition) is 5. The van der Waals surface area contributed by atoms with Gasteiger partial charge in [-0.05, 0) is 46.1 Å². The summed E-state index contributed by atoms with van der Waals surface area (Å²) in [4.78, 5) is 31.1. The lowest BCUT2D eigenvalue weighted by molar-refractivity contribution is -0.130. The van der Waals surface area contributed by atoms with Gasteiger partial charge in [-0.1, -0.05) is 0 Å². The Morgan fingerprint density at radius 2 is 2.03 bits per heavy atom. The number of nitrogens with zero attached hydrogens (tertiary/aromatic N) is 2. The maximum absolute atomic E-state index is 14.3. The van der Waals surface area contributed by atoms with Crippen LogP contribution < -0.4 is 15.8 Å². The van der Waals surface area contributed by atoms with Gasteiger partial charge >= 0.3 is 0 Å². The van der Waals surface area contributed by atoms with Crippen LogP contribution in [0.3, 0.4) is 0 Å². The Labute approximate surface area is 180 Å². The fraction of sp³-hybridized carbons (Fsp3) is 0.591. The third-order valence-electron chi connectivity index (χ3n) is 6.06. The second-order valence-corrected chi connectivity index (χ2v) is 10.00. The molecule has 1 aromatic carbocycles. The number of rotatable bonds is 4. The number of halogens is 2. The van der Waals surface area contributed by atoms with E-state index in [2.05, 4.69) is 10.3 Å². The molecule has 3 atom stereocenters. The number of hydrogen-bond donors (Lipinski definition) is 2. The van der Waals surface area contributed by atoms with Gasteiger partial charge in [-0.25, -0.2) is 13.8 Å². The monoisotopic (exact) mass is 434 g/mol. The Morgan fingerprint density at radius 3 is 2.71 bits per heavy atom. The summed E-state index contributed by atoms with van der Waals surface area (Å²) < 4.78 is 33.8.